The lowest BCUT2D eigenvalue weighted by molar-refractivity contribution is 0.0737. The van der Waals surface area contributed by atoms with Crippen LogP contribution in [-0.4, -0.2) is 50.6 Å². The van der Waals surface area contributed by atoms with Crippen LogP contribution in [0.1, 0.15) is 16.1 Å². The Morgan fingerprint density at radius 1 is 1.52 bits per heavy atom. The number of hydrogen-bond acceptors (Lipinski definition) is 4. The Labute approximate surface area is 123 Å². The number of aliphatic hydroxyl groups is 1. The highest BCUT2D eigenvalue weighted by Gasteiger charge is 2.18. The standard InChI is InChI=1S/C15H18N4O2/c1-3-7-18(8-9-20)15(21)14-11-19(17-16-14)13-6-4-5-12(2)10-13/h3-6,10-11,20H,1,7-9H2,2H3. The van der Waals surface area contributed by atoms with Crippen molar-refractivity contribution >= 4 is 5.91 Å². The van der Waals surface area contributed by atoms with Crippen molar-refractivity contribution in [1.29, 1.82) is 0 Å². The van der Waals surface area contributed by atoms with Gasteiger partial charge in [-0.3, -0.25) is 4.79 Å². The lowest BCUT2D eigenvalue weighted by atomic mass is 10.2. The maximum Gasteiger partial charge on any atom is 0.276 e. The van der Waals surface area contributed by atoms with E-state index in [1.54, 1.807) is 17.0 Å². The van der Waals surface area contributed by atoms with E-state index in [2.05, 4.69) is 16.9 Å². The van der Waals surface area contributed by atoms with E-state index in [4.69, 9.17) is 5.11 Å². The molecule has 6 heteroatoms. The zero-order valence-electron chi connectivity index (χ0n) is 11.9. The first-order valence-electron chi connectivity index (χ1n) is 6.66. The van der Waals surface area contributed by atoms with E-state index < -0.39 is 0 Å². The van der Waals surface area contributed by atoms with Crippen molar-refractivity contribution in [3.05, 3.63) is 54.4 Å². The van der Waals surface area contributed by atoms with E-state index in [0.29, 0.717) is 6.54 Å². The van der Waals surface area contributed by atoms with Crippen LogP contribution in [-0.2, 0) is 0 Å². The minimum atomic E-state index is -0.275. The summed E-state index contributed by atoms with van der Waals surface area (Å²) in [5, 5.41) is 16.9. The van der Waals surface area contributed by atoms with Crippen molar-refractivity contribution in [2.24, 2.45) is 0 Å². The molecule has 1 heterocycles. The number of carbonyl (C=O) groups is 1. The summed E-state index contributed by atoms with van der Waals surface area (Å²) in [6.45, 7) is 6.08. The molecule has 0 aliphatic heterocycles. The van der Waals surface area contributed by atoms with Gasteiger partial charge in [-0.2, -0.15) is 0 Å². The molecule has 0 saturated heterocycles. The van der Waals surface area contributed by atoms with Gasteiger partial charge in [-0.05, 0) is 24.6 Å². The summed E-state index contributed by atoms with van der Waals surface area (Å²) in [5.41, 5.74) is 2.19. The Morgan fingerprint density at radius 3 is 3.00 bits per heavy atom. The van der Waals surface area contributed by atoms with Gasteiger partial charge in [0, 0.05) is 13.1 Å². The van der Waals surface area contributed by atoms with E-state index in [1.165, 1.54) is 4.90 Å². The highest BCUT2D eigenvalue weighted by molar-refractivity contribution is 5.92. The number of carbonyl (C=O) groups excluding carboxylic acids is 1. The molecule has 1 N–H and O–H groups in total. The van der Waals surface area contributed by atoms with E-state index in [9.17, 15) is 4.79 Å². The summed E-state index contributed by atoms with van der Waals surface area (Å²) >= 11 is 0. The van der Waals surface area contributed by atoms with Gasteiger partial charge in [-0.15, -0.1) is 11.7 Å². The van der Waals surface area contributed by atoms with Crippen molar-refractivity contribution in [3.63, 3.8) is 0 Å². The summed E-state index contributed by atoms with van der Waals surface area (Å²) in [5.74, 6) is -0.275. The van der Waals surface area contributed by atoms with Gasteiger partial charge in [0.2, 0.25) is 0 Å². The zero-order chi connectivity index (χ0) is 15.2. The van der Waals surface area contributed by atoms with Crippen LogP contribution in [0.4, 0.5) is 0 Å². The SMILES string of the molecule is C=CCN(CCO)C(=O)c1cn(-c2cccc(C)c2)nn1. The Hall–Kier alpha value is -2.47. The average Bonchev–Trinajstić information content (AvgIpc) is 2.96. The van der Waals surface area contributed by atoms with Crippen LogP contribution in [0.2, 0.25) is 0 Å². The fraction of sp³-hybridized carbons (Fsp3) is 0.267. The van der Waals surface area contributed by atoms with Crippen LogP contribution >= 0.6 is 0 Å². The normalized spacial score (nSPS) is 10.4. The predicted octanol–water partition coefficient (Wildman–Crippen LogP) is 1.20. The first kappa shape index (κ1) is 14.9. The van der Waals surface area contributed by atoms with E-state index in [-0.39, 0.29) is 24.8 Å². The second-order valence-corrected chi connectivity index (χ2v) is 4.65. The second-order valence-electron chi connectivity index (χ2n) is 4.65. The average molecular weight is 286 g/mol. The molecule has 0 saturated carbocycles. The molecule has 0 aliphatic carbocycles. The van der Waals surface area contributed by atoms with E-state index in [0.717, 1.165) is 11.3 Å². The minimum absolute atomic E-state index is 0.106. The van der Waals surface area contributed by atoms with Crippen molar-refractivity contribution in [2.75, 3.05) is 19.7 Å². The van der Waals surface area contributed by atoms with Gasteiger partial charge in [0.25, 0.3) is 5.91 Å². The Morgan fingerprint density at radius 2 is 2.33 bits per heavy atom. The Balaban J connectivity index is 2.22. The number of amides is 1. The molecule has 0 unspecified atom stereocenters. The van der Waals surface area contributed by atoms with Gasteiger partial charge in [0.15, 0.2) is 5.69 Å². The quantitative estimate of drug-likeness (QED) is 0.810. The fourth-order valence-corrected chi connectivity index (χ4v) is 1.97. The van der Waals surface area contributed by atoms with Gasteiger partial charge in [0.05, 0.1) is 18.5 Å². The number of benzene rings is 1. The van der Waals surface area contributed by atoms with Gasteiger partial charge in [-0.1, -0.05) is 23.4 Å². The molecule has 2 aromatic rings. The molecule has 1 aromatic carbocycles. The molecule has 0 radical (unpaired) electrons. The van der Waals surface area contributed by atoms with Crippen LogP contribution in [0.25, 0.3) is 5.69 Å². The highest BCUT2D eigenvalue weighted by Crippen LogP contribution is 2.10. The third kappa shape index (κ3) is 3.55. The molecule has 0 bridgehead atoms. The van der Waals surface area contributed by atoms with E-state index >= 15 is 0 Å². The zero-order valence-corrected chi connectivity index (χ0v) is 11.9. The Kier molecular flexibility index (Phi) is 4.84. The predicted molar refractivity (Wildman–Crippen MR) is 79.3 cm³/mol. The molecular weight excluding hydrogens is 268 g/mol. The smallest absolute Gasteiger partial charge is 0.276 e. The monoisotopic (exact) mass is 286 g/mol. The fourth-order valence-electron chi connectivity index (χ4n) is 1.97. The number of aliphatic hydroxyl groups excluding tert-OH is 1. The van der Waals surface area contributed by atoms with Crippen molar-refractivity contribution in [1.82, 2.24) is 19.9 Å². The maximum atomic E-state index is 12.3. The molecule has 2 rings (SSSR count). The second kappa shape index (κ2) is 6.81. The molecule has 1 amide bonds. The van der Waals surface area contributed by atoms with Crippen molar-refractivity contribution in [2.45, 2.75) is 6.92 Å². The summed E-state index contributed by atoms with van der Waals surface area (Å²) < 4.78 is 1.56. The van der Waals surface area contributed by atoms with Crippen LogP contribution in [0.15, 0.2) is 43.1 Å². The summed E-state index contributed by atoms with van der Waals surface area (Å²) in [6.07, 6.45) is 3.20. The summed E-state index contributed by atoms with van der Waals surface area (Å²) in [7, 11) is 0. The number of nitrogens with zero attached hydrogens (tertiary/aromatic N) is 4. The molecular formula is C15H18N4O2. The highest BCUT2D eigenvalue weighted by atomic mass is 16.3. The van der Waals surface area contributed by atoms with Crippen LogP contribution in [0, 0.1) is 6.92 Å². The number of aryl methyl sites for hydroxylation is 1. The summed E-state index contributed by atoms with van der Waals surface area (Å²) in [6, 6.07) is 7.76. The van der Waals surface area contributed by atoms with Crippen molar-refractivity contribution in [3.8, 4) is 5.69 Å². The lowest BCUT2D eigenvalue weighted by Crippen LogP contribution is -2.33. The summed E-state index contributed by atoms with van der Waals surface area (Å²) in [4.78, 5) is 13.8. The molecule has 6 nitrogen and oxygen atoms in total. The molecule has 21 heavy (non-hydrogen) atoms. The number of hydrogen-bond donors (Lipinski definition) is 1. The van der Waals surface area contributed by atoms with Gasteiger partial charge < -0.3 is 10.0 Å². The molecule has 0 fully saturated rings. The molecule has 0 spiro atoms. The van der Waals surface area contributed by atoms with E-state index in [1.807, 2.05) is 31.2 Å². The Bertz CT molecular complexity index is 636. The maximum absolute atomic E-state index is 12.3. The van der Waals surface area contributed by atoms with Gasteiger partial charge >= 0.3 is 0 Å². The van der Waals surface area contributed by atoms with Gasteiger partial charge in [-0.25, -0.2) is 4.68 Å². The van der Waals surface area contributed by atoms with Crippen LogP contribution in [0.3, 0.4) is 0 Å². The minimum Gasteiger partial charge on any atom is -0.395 e. The third-order valence-electron chi connectivity index (χ3n) is 2.99. The van der Waals surface area contributed by atoms with Crippen LogP contribution in [0.5, 0.6) is 0 Å². The third-order valence-corrected chi connectivity index (χ3v) is 2.99. The molecule has 1 aromatic heterocycles. The largest absolute Gasteiger partial charge is 0.395 e. The first-order chi connectivity index (χ1) is 10.2. The number of aromatic nitrogens is 3. The van der Waals surface area contributed by atoms with Crippen LogP contribution < -0.4 is 0 Å². The molecule has 0 aliphatic rings. The lowest BCUT2D eigenvalue weighted by Gasteiger charge is -2.18. The first-order valence-corrected chi connectivity index (χ1v) is 6.66. The number of rotatable bonds is 6. The molecule has 110 valence electrons. The molecule has 0 atom stereocenters. The topological polar surface area (TPSA) is 71.2 Å². The van der Waals surface area contributed by atoms with Gasteiger partial charge in [0.1, 0.15) is 0 Å². The van der Waals surface area contributed by atoms with Crippen molar-refractivity contribution < 1.29 is 9.90 Å².